The number of fused-ring (bicyclic) bond motifs is 1. The lowest BCUT2D eigenvalue weighted by Gasteiger charge is -2.43. The van der Waals surface area contributed by atoms with Crippen LogP contribution < -0.4 is 4.74 Å². The SMILES string of the molecule is C[C@@H]1O[C@@H](Oc2ccc(C3=COC4CC(O[C@@H]5O[C@@H](C)[C@H](O)[C@@H](O)[C@H]5O)CCC4C3=O)cc2)[C@H](O)[C@H](O)[C@H]1O. The van der Waals surface area contributed by atoms with Crippen molar-refractivity contribution in [1.82, 2.24) is 0 Å². The quantitative estimate of drug-likeness (QED) is 0.268. The third-order valence-corrected chi connectivity index (χ3v) is 8.07. The Kier molecular flexibility index (Phi) is 8.30. The fraction of sp³-hybridized carbons (Fsp3) is 0.667. The van der Waals surface area contributed by atoms with Crippen LogP contribution in [0.2, 0.25) is 0 Å². The lowest BCUT2D eigenvalue weighted by Crippen LogP contribution is -2.58. The highest BCUT2D eigenvalue weighted by molar-refractivity contribution is 6.22. The van der Waals surface area contributed by atoms with Crippen molar-refractivity contribution in [2.45, 2.75) is 107 Å². The molecule has 3 fully saturated rings. The molecule has 13 atom stereocenters. The van der Waals surface area contributed by atoms with Crippen LogP contribution in [0, 0.1) is 5.92 Å². The molecule has 4 aliphatic rings. The van der Waals surface area contributed by atoms with Gasteiger partial charge >= 0.3 is 0 Å². The predicted molar refractivity (Wildman–Crippen MR) is 132 cm³/mol. The van der Waals surface area contributed by atoms with Crippen molar-refractivity contribution in [3.63, 3.8) is 0 Å². The van der Waals surface area contributed by atoms with Gasteiger partial charge in [-0.2, -0.15) is 0 Å². The maximum absolute atomic E-state index is 13.3. The standard InChI is InChI=1S/C27H36O12/c1-11-19(28)22(31)24(33)26(36-11)38-14-5-3-13(4-6-14)17-10-35-18-9-15(7-8-16(18)21(17)30)39-27-25(34)23(32)20(29)12(2)37-27/h3-6,10-12,15-16,18-20,22-29,31-34H,7-9H2,1-2H3/t11-,12-,15?,16?,18?,19-,20-,22+,23+,24+,25+,26-,27-/m0/s1. The minimum Gasteiger partial charge on any atom is -0.496 e. The number of hydrogen-bond acceptors (Lipinski definition) is 12. The molecule has 0 amide bonds. The van der Waals surface area contributed by atoms with Crippen molar-refractivity contribution in [3.05, 3.63) is 36.1 Å². The summed E-state index contributed by atoms with van der Waals surface area (Å²) in [4.78, 5) is 13.3. The van der Waals surface area contributed by atoms with Gasteiger partial charge in [0.05, 0.1) is 36.1 Å². The average Bonchev–Trinajstić information content (AvgIpc) is 2.93. The summed E-state index contributed by atoms with van der Waals surface area (Å²) in [5, 5.41) is 60.1. The Morgan fingerprint density at radius 3 is 2.00 bits per heavy atom. The summed E-state index contributed by atoms with van der Waals surface area (Å²) >= 11 is 0. The number of carbonyl (C=O) groups excluding carboxylic acids is 1. The van der Waals surface area contributed by atoms with Crippen molar-refractivity contribution in [3.8, 4) is 5.75 Å². The highest BCUT2D eigenvalue weighted by Gasteiger charge is 2.46. The van der Waals surface area contributed by atoms with Crippen LogP contribution in [0.25, 0.3) is 5.57 Å². The highest BCUT2D eigenvalue weighted by atomic mass is 16.7. The number of hydrogen-bond donors (Lipinski definition) is 6. The van der Waals surface area contributed by atoms with E-state index in [-0.39, 0.29) is 17.8 Å². The Balaban J connectivity index is 1.19. The van der Waals surface area contributed by atoms with Gasteiger partial charge in [0.2, 0.25) is 6.29 Å². The van der Waals surface area contributed by atoms with E-state index in [4.69, 9.17) is 23.7 Å². The van der Waals surface area contributed by atoms with Crippen LogP contribution in [0.15, 0.2) is 30.5 Å². The second kappa shape index (κ2) is 11.4. The van der Waals surface area contributed by atoms with Gasteiger partial charge in [0.25, 0.3) is 0 Å². The Hall–Kier alpha value is -2.13. The molecule has 5 rings (SSSR count). The molecule has 12 nitrogen and oxygen atoms in total. The van der Waals surface area contributed by atoms with E-state index >= 15 is 0 Å². The Bertz CT molecular complexity index is 1050. The van der Waals surface area contributed by atoms with E-state index < -0.39 is 67.5 Å². The molecular weight excluding hydrogens is 516 g/mol. The minimum absolute atomic E-state index is 0.0588. The molecule has 1 saturated carbocycles. The predicted octanol–water partition coefficient (Wildman–Crippen LogP) is -0.785. The van der Waals surface area contributed by atoms with Crippen LogP contribution in [0.1, 0.15) is 38.7 Å². The normalized spacial score (nSPS) is 44.7. The Morgan fingerprint density at radius 2 is 1.36 bits per heavy atom. The number of carbonyl (C=O) groups is 1. The third kappa shape index (κ3) is 5.58. The zero-order valence-corrected chi connectivity index (χ0v) is 21.6. The molecule has 3 heterocycles. The van der Waals surface area contributed by atoms with Gasteiger partial charge in [0, 0.05) is 6.42 Å². The second-order valence-corrected chi connectivity index (χ2v) is 10.8. The van der Waals surface area contributed by atoms with E-state index in [9.17, 15) is 35.4 Å². The number of aliphatic hydroxyl groups excluding tert-OH is 6. The molecule has 2 saturated heterocycles. The van der Waals surface area contributed by atoms with Crippen LogP contribution in [0.3, 0.4) is 0 Å². The largest absolute Gasteiger partial charge is 0.496 e. The van der Waals surface area contributed by atoms with E-state index in [0.717, 1.165) is 0 Å². The van der Waals surface area contributed by atoms with Crippen molar-refractivity contribution in [2.24, 2.45) is 5.92 Å². The number of Topliss-reactive ketones (excluding diaryl/α,β-unsaturated/α-hetero) is 1. The van der Waals surface area contributed by atoms with Gasteiger partial charge in [-0.3, -0.25) is 4.79 Å². The van der Waals surface area contributed by atoms with Gasteiger partial charge in [0.1, 0.15) is 48.5 Å². The number of rotatable bonds is 5. The summed E-state index contributed by atoms with van der Waals surface area (Å²) in [6.45, 7) is 3.15. The molecule has 0 radical (unpaired) electrons. The number of allylic oxidation sites excluding steroid dienone is 1. The Labute approximate surface area is 225 Å². The third-order valence-electron chi connectivity index (χ3n) is 8.07. The molecule has 6 N–H and O–H groups in total. The smallest absolute Gasteiger partial charge is 0.229 e. The summed E-state index contributed by atoms with van der Waals surface area (Å²) in [6.07, 6.45) is -9.67. The van der Waals surface area contributed by atoms with Crippen molar-refractivity contribution in [1.29, 1.82) is 0 Å². The van der Waals surface area contributed by atoms with Gasteiger partial charge < -0.3 is 54.3 Å². The summed E-state index contributed by atoms with van der Waals surface area (Å²) in [6, 6.07) is 6.59. The zero-order chi connectivity index (χ0) is 28.0. The maximum atomic E-state index is 13.3. The van der Waals surface area contributed by atoms with Crippen LogP contribution in [-0.4, -0.2) is 110 Å². The highest BCUT2D eigenvalue weighted by Crippen LogP contribution is 2.38. The first kappa shape index (κ1) is 28.4. The number of aliphatic hydroxyl groups is 6. The fourth-order valence-electron chi connectivity index (χ4n) is 5.56. The van der Waals surface area contributed by atoms with Crippen molar-refractivity contribution < 1.29 is 59.1 Å². The first-order valence-electron chi connectivity index (χ1n) is 13.3. The molecule has 0 aromatic heterocycles. The molecule has 0 bridgehead atoms. The maximum Gasteiger partial charge on any atom is 0.229 e. The van der Waals surface area contributed by atoms with Crippen LogP contribution in [0.5, 0.6) is 5.75 Å². The van der Waals surface area contributed by atoms with Gasteiger partial charge in [-0.15, -0.1) is 0 Å². The van der Waals surface area contributed by atoms with E-state index in [1.54, 1.807) is 38.1 Å². The number of ketones is 1. The molecule has 12 heteroatoms. The molecule has 1 aromatic rings. The second-order valence-electron chi connectivity index (χ2n) is 10.8. The van der Waals surface area contributed by atoms with E-state index in [1.807, 2.05) is 0 Å². The fourth-order valence-corrected chi connectivity index (χ4v) is 5.56. The van der Waals surface area contributed by atoms with Crippen LogP contribution in [-0.2, 0) is 23.7 Å². The lowest BCUT2D eigenvalue weighted by molar-refractivity contribution is -0.307. The molecule has 216 valence electrons. The lowest BCUT2D eigenvalue weighted by atomic mass is 9.78. The first-order chi connectivity index (χ1) is 18.5. The van der Waals surface area contributed by atoms with E-state index in [2.05, 4.69) is 0 Å². The Morgan fingerprint density at radius 1 is 0.769 bits per heavy atom. The summed E-state index contributed by atoms with van der Waals surface area (Å²) in [5.74, 6) is -0.0843. The number of benzene rings is 1. The molecular formula is C27H36O12. The summed E-state index contributed by atoms with van der Waals surface area (Å²) in [7, 11) is 0. The monoisotopic (exact) mass is 552 g/mol. The minimum atomic E-state index is -1.43. The molecule has 3 unspecified atom stereocenters. The van der Waals surface area contributed by atoms with Crippen molar-refractivity contribution >= 4 is 11.4 Å². The molecule has 39 heavy (non-hydrogen) atoms. The van der Waals surface area contributed by atoms with E-state index in [0.29, 0.717) is 36.1 Å². The zero-order valence-electron chi connectivity index (χ0n) is 21.6. The number of ether oxygens (including phenoxy) is 5. The van der Waals surface area contributed by atoms with Gasteiger partial charge in [-0.25, -0.2) is 0 Å². The average molecular weight is 553 g/mol. The first-order valence-corrected chi connectivity index (χ1v) is 13.3. The van der Waals surface area contributed by atoms with Crippen LogP contribution >= 0.6 is 0 Å². The molecule has 1 aromatic carbocycles. The molecule has 3 aliphatic heterocycles. The topological polar surface area (TPSA) is 185 Å². The van der Waals surface area contributed by atoms with Gasteiger partial charge in [-0.05, 0) is 44.4 Å². The van der Waals surface area contributed by atoms with Gasteiger partial charge in [0.15, 0.2) is 12.1 Å². The van der Waals surface area contributed by atoms with E-state index in [1.165, 1.54) is 6.26 Å². The van der Waals surface area contributed by atoms with Crippen LogP contribution in [0.4, 0.5) is 0 Å². The van der Waals surface area contributed by atoms with Gasteiger partial charge in [-0.1, -0.05) is 12.1 Å². The summed E-state index contributed by atoms with van der Waals surface area (Å²) < 4.78 is 28.5. The molecule has 1 aliphatic carbocycles. The molecule has 0 spiro atoms. The van der Waals surface area contributed by atoms with Crippen molar-refractivity contribution in [2.75, 3.05) is 0 Å². The summed E-state index contributed by atoms with van der Waals surface area (Å²) in [5.41, 5.74) is 1.04.